The third kappa shape index (κ3) is 3.50. The Morgan fingerprint density at radius 3 is 2.77 bits per heavy atom. The highest BCUT2D eigenvalue weighted by molar-refractivity contribution is 5.96. The van der Waals surface area contributed by atoms with Crippen molar-refractivity contribution in [2.75, 3.05) is 13.7 Å². The van der Waals surface area contributed by atoms with Crippen molar-refractivity contribution in [3.05, 3.63) is 71.4 Å². The normalized spacial score (nSPS) is 12.0. The fourth-order valence-electron chi connectivity index (χ4n) is 3.15. The summed E-state index contributed by atoms with van der Waals surface area (Å²) >= 11 is 0. The SMILES string of the molecule is COCc1c(C(=O)OC/C(O)=C(/C#N)c2nc3ccccc3[nH]2)oc2ccccc12. The van der Waals surface area contributed by atoms with Gasteiger partial charge in [-0.25, -0.2) is 9.78 Å². The van der Waals surface area contributed by atoms with Gasteiger partial charge in [-0.05, 0) is 18.2 Å². The van der Waals surface area contributed by atoms with Gasteiger partial charge in [0.1, 0.15) is 17.2 Å². The molecule has 8 heteroatoms. The zero-order chi connectivity index (χ0) is 21.1. The minimum Gasteiger partial charge on any atom is -0.507 e. The van der Waals surface area contributed by atoms with Crippen molar-refractivity contribution in [3.8, 4) is 6.07 Å². The number of allylic oxidation sites excluding steroid dienone is 1. The summed E-state index contributed by atoms with van der Waals surface area (Å²) in [6.45, 7) is -0.353. The summed E-state index contributed by atoms with van der Waals surface area (Å²) in [5.74, 6) is -1.01. The first kappa shape index (κ1) is 19.2. The van der Waals surface area contributed by atoms with Crippen LogP contribution in [0.4, 0.5) is 0 Å². The van der Waals surface area contributed by atoms with Crippen LogP contribution >= 0.6 is 0 Å². The first-order valence-electron chi connectivity index (χ1n) is 9.06. The maximum absolute atomic E-state index is 12.6. The number of esters is 1. The molecule has 0 atom stereocenters. The number of hydrogen-bond acceptors (Lipinski definition) is 7. The Bertz CT molecular complexity index is 1280. The second-order valence-electron chi connectivity index (χ2n) is 6.45. The smallest absolute Gasteiger partial charge is 0.375 e. The molecule has 0 unspecified atom stereocenters. The molecule has 2 N–H and O–H groups in total. The van der Waals surface area contributed by atoms with Crippen LogP contribution in [0.1, 0.15) is 21.9 Å². The van der Waals surface area contributed by atoms with E-state index in [4.69, 9.17) is 13.9 Å². The molecule has 8 nitrogen and oxygen atoms in total. The van der Waals surface area contributed by atoms with Crippen molar-refractivity contribution in [1.82, 2.24) is 9.97 Å². The largest absolute Gasteiger partial charge is 0.507 e. The quantitative estimate of drug-likeness (QED) is 0.282. The molecule has 4 aromatic rings. The number of aromatic amines is 1. The topological polar surface area (TPSA) is 121 Å². The van der Waals surface area contributed by atoms with Crippen LogP contribution in [0, 0.1) is 11.3 Å². The Hall–Kier alpha value is -4.09. The number of ether oxygens (including phenoxy) is 2. The van der Waals surface area contributed by atoms with E-state index in [1.807, 2.05) is 30.3 Å². The molecule has 2 heterocycles. The van der Waals surface area contributed by atoms with E-state index in [-0.39, 0.29) is 23.8 Å². The number of aromatic nitrogens is 2. The number of methoxy groups -OCH3 is 1. The third-order valence-corrected chi connectivity index (χ3v) is 4.54. The average molecular weight is 403 g/mol. The lowest BCUT2D eigenvalue weighted by Gasteiger charge is -2.05. The van der Waals surface area contributed by atoms with Crippen LogP contribution in [0.3, 0.4) is 0 Å². The molecular formula is C22H17N3O5. The van der Waals surface area contributed by atoms with Crippen molar-refractivity contribution < 1.29 is 23.8 Å². The van der Waals surface area contributed by atoms with Crippen molar-refractivity contribution in [2.45, 2.75) is 6.61 Å². The number of carbonyl (C=O) groups is 1. The van der Waals surface area contributed by atoms with E-state index in [2.05, 4.69) is 9.97 Å². The van der Waals surface area contributed by atoms with Crippen molar-refractivity contribution in [1.29, 1.82) is 5.26 Å². The van der Waals surface area contributed by atoms with Crippen molar-refractivity contribution in [2.24, 2.45) is 0 Å². The Balaban J connectivity index is 1.59. The van der Waals surface area contributed by atoms with Gasteiger partial charge >= 0.3 is 5.97 Å². The number of H-pyrrole nitrogens is 1. The number of rotatable bonds is 6. The van der Waals surface area contributed by atoms with Gasteiger partial charge in [0.2, 0.25) is 5.76 Å². The van der Waals surface area contributed by atoms with Crippen LogP contribution in [-0.2, 0) is 16.1 Å². The van der Waals surface area contributed by atoms with Gasteiger partial charge in [-0.3, -0.25) is 0 Å². The van der Waals surface area contributed by atoms with E-state index < -0.39 is 18.3 Å². The molecule has 0 aliphatic rings. The lowest BCUT2D eigenvalue weighted by Crippen LogP contribution is -2.10. The highest BCUT2D eigenvalue weighted by atomic mass is 16.6. The number of aliphatic hydroxyl groups is 1. The van der Waals surface area contributed by atoms with Crippen LogP contribution in [0.15, 0.2) is 58.7 Å². The number of imidazole rings is 1. The number of nitriles is 1. The minimum atomic E-state index is -0.772. The molecule has 0 aliphatic heterocycles. The van der Waals surface area contributed by atoms with Gasteiger partial charge in [0.25, 0.3) is 0 Å². The number of nitrogens with one attached hydrogen (secondary N) is 1. The second-order valence-corrected chi connectivity index (χ2v) is 6.45. The summed E-state index contributed by atoms with van der Waals surface area (Å²) in [6, 6.07) is 16.3. The number of nitrogens with zero attached hydrogens (tertiary/aromatic N) is 2. The number of carbonyl (C=O) groups excluding carboxylic acids is 1. The maximum atomic E-state index is 12.6. The lowest BCUT2D eigenvalue weighted by molar-refractivity contribution is 0.0463. The van der Waals surface area contributed by atoms with Crippen LogP contribution in [-0.4, -0.2) is 34.8 Å². The Morgan fingerprint density at radius 2 is 2.00 bits per heavy atom. The Labute approximate surface area is 171 Å². The number of fused-ring (bicyclic) bond motifs is 2. The molecule has 2 aromatic heterocycles. The number of furan rings is 1. The molecule has 2 aromatic carbocycles. The van der Waals surface area contributed by atoms with Crippen molar-refractivity contribution >= 4 is 33.5 Å². The molecule has 0 bridgehead atoms. The van der Waals surface area contributed by atoms with Crippen LogP contribution < -0.4 is 0 Å². The molecule has 0 aliphatic carbocycles. The second kappa shape index (κ2) is 8.11. The summed E-state index contributed by atoms with van der Waals surface area (Å²) in [7, 11) is 1.51. The van der Waals surface area contributed by atoms with Gasteiger partial charge in [-0.1, -0.05) is 30.3 Å². The van der Waals surface area contributed by atoms with Gasteiger partial charge in [-0.2, -0.15) is 5.26 Å². The predicted molar refractivity (Wildman–Crippen MR) is 108 cm³/mol. The first-order chi connectivity index (χ1) is 14.6. The molecule has 0 amide bonds. The van der Waals surface area contributed by atoms with Crippen LogP contribution in [0.25, 0.3) is 27.6 Å². The molecule has 0 radical (unpaired) electrons. The summed E-state index contributed by atoms with van der Waals surface area (Å²) in [6.07, 6.45) is 0. The van der Waals surface area contributed by atoms with Crippen LogP contribution in [0.5, 0.6) is 0 Å². The first-order valence-corrected chi connectivity index (χ1v) is 9.06. The highest BCUT2D eigenvalue weighted by Gasteiger charge is 2.23. The van der Waals surface area contributed by atoms with E-state index in [1.54, 1.807) is 24.3 Å². The van der Waals surface area contributed by atoms with Gasteiger partial charge in [0.15, 0.2) is 18.2 Å². The Morgan fingerprint density at radius 1 is 1.23 bits per heavy atom. The number of aliphatic hydroxyl groups excluding tert-OH is 1. The van der Waals surface area contributed by atoms with Gasteiger partial charge in [0.05, 0.1) is 17.6 Å². The molecule has 0 saturated heterocycles. The summed E-state index contributed by atoms with van der Waals surface area (Å²) in [4.78, 5) is 19.8. The van der Waals surface area contributed by atoms with Gasteiger partial charge in [-0.15, -0.1) is 0 Å². The maximum Gasteiger partial charge on any atom is 0.375 e. The Kier molecular flexibility index (Phi) is 5.20. The number of benzene rings is 2. The minimum absolute atomic E-state index is 0.00639. The molecule has 0 fully saturated rings. The van der Waals surface area contributed by atoms with E-state index in [0.717, 1.165) is 10.9 Å². The van der Waals surface area contributed by atoms with Crippen molar-refractivity contribution in [3.63, 3.8) is 0 Å². The number of para-hydroxylation sites is 3. The third-order valence-electron chi connectivity index (χ3n) is 4.54. The van der Waals surface area contributed by atoms with E-state index in [9.17, 15) is 15.2 Å². The lowest BCUT2D eigenvalue weighted by atomic mass is 10.1. The molecular weight excluding hydrogens is 386 g/mol. The van der Waals surface area contributed by atoms with Gasteiger partial charge in [0, 0.05) is 18.1 Å². The standard InChI is InChI=1S/C22H17N3O5/c1-28-11-15-13-6-2-5-9-19(13)30-20(15)22(27)29-12-18(26)14(10-23)21-24-16-7-3-4-8-17(16)25-21/h2-9,26H,11-12H2,1H3,(H,24,25)/b18-14+. The van der Waals surface area contributed by atoms with E-state index >= 15 is 0 Å². The molecule has 4 rings (SSSR count). The fraction of sp³-hybridized carbons (Fsp3) is 0.136. The molecule has 30 heavy (non-hydrogen) atoms. The average Bonchev–Trinajstić information content (AvgIpc) is 3.34. The molecule has 150 valence electrons. The van der Waals surface area contributed by atoms with E-state index in [1.165, 1.54) is 7.11 Å². The summed E-state index contributed by atoms with van der Waals surface area (Å²) in [5, 5.41) is 20.6. The predicted octanol–water partition coefficient (Wildman–Crippen LogP) is 4.11. The number of hydrogen-bond donors (Lipinski definition) is 2. The highest BCUT2D eigenvalue weighted by Crippen LogP contribution is 2.27. The van der Waals surface area contributed by atoms with Gasteiger partial charge < -0.3 is 24.0 Å². The molecule has 0 spiro atoms. The zero-order valence-corrected chi connectivity index (χ0v) is 16.0. The summed E-state index contributed by atoms with van der Waals surface area (Å²) in [5.41, 5.74) is 2.34. The summed E-state index contributed by atoms with van der Waals surface area (Å²) < 4.78 is 16.0. The molecule has 0 saturated carbocycles. The fourth-order valence-corrected chi connectivity index (χ4v) is 3.15. The van der Waals surface area contributed by atoms with Crippen LogP contribution in [0.2, 0.25) is 0 Å². The monoisotopic (exact) mass is 403 g/mol. The van der Waals surface area contributed by atoms with E-state index in [0.29, 0.717) is 16.7 Å². The zero-order valence-electron chi connectivity index (χ0n) is 16.0.